The lowest BCUT2D eigenvalue weighted by Crippen LogP contribution is -2.38. The highest BCUT2D eigenvalue weighted by atomic mass is 32.1. The van der Waals surface area contributed by atoms with Crippen molar-refractivity contribution in [1.29, 1.82) is 0 Å². The second kappa shape index (κ2) is 8.67. The Balaban J connectivity index is 3.46. The number of nitrogens with one attached hydrogen (secondary N) is 2. The number of hydrogen-bond donors (Lipinski definition) is 4. The second-order valence-corrected chi connectivity index (χ2v) is 4.28. The van der Waals surface area contributed by atoms with Gasteiger partial charge in [0, 0.05) is 12.6 Å². The molecule has 0 bridgehead atoms. The van der Waals surface area contributed by atoms with E-state index in [-0.39, 0.29) is 0 Å². The molecule has 1 atom stereocenters. The first-order chi connectivity index (χ1) is 7.06. The van der Waals surface area contributed by atoms with E-state index in [9.17, 15) is 0 Å². The molecule has 0 saturated carbocycles. The molecule has 0 aromatic heterocycles. The molecule has 6 heteroatoms. The number of hydrogen-bond acceptors (Lipinski definition) is 2. The first-order valence-electron chi connectivity index (χ1n) is 5.15. The Morgan fingerprint density at radius 1 is 1.20 bits per heavy atom. The van der Waals surface area contributed by atoms with E-state index in [0.29, 0.717) is 16.3 Å². The molecule has 1 unspecified atom stereocenters. The molecule has 0 aromatic carbocycles. The number of rotatable bonds is 7. The third-order valence-electron chi connectivity index (χ3n) is 2.12. The van der Waals surface area contributed by atoms with E-state index in [2.05, 4.69) is 17.6 Å². The van der Waals surface area contributed by atoms with Crippen LogP contribution in [0.3, 0.4) is 0 Å². The predicted octanol–water partition coefficient (Wildman–Crippen LogP) is 0.602. The van der Waals surface area contributed by atoms with Gasteiger partial charge in [-0.1, -0.05) is 6.92 Å². The summed E-state index contributed by atoms with van der Waals surface area (Å²) in [5, 5.41) is 6.73. The molecule has 0 radical (unpaired) electrons. The van der Waals surface area contributed by atoms with Gasteiger partial charge in [0.1, 0.15) is 0 Å². The Morgan fingerprint density at radius 3 is 2.33 bits per heavy atom. The predicted molar refractivity (Wildman–Crippen MR) is 72.6 cm³/mol. The van der Waals surface area contributed by atoms with Gasteiger partial charge in [0.25, 0.3) is 0 Å². The van der Waals surface area contributed by atoms with Gasteiger partial charge in [0.2, 0.25) is 0 Å². The molecule has 0 aliphatic rings. The lowest BCUT2D eigenvalue weighted by atomic mass is 10.1. The van der Waals surface area contributed by atoms with Gasteiger partial charge in [0.15, 0.2) is 10.2 Å². The summed E-state index contributed by atoms with van der Waals surface area (Å²) in [4.78, 5) is 0. The summed E-state index contributed by atoms with van der Waals surface area (Å²) in [6.45, 7) is 2.95. The summed E-state index contributed by atoms with van der Waals surface area (Å²) in [7, 11) is 0. The molecule has 0 aliphatic carbocycles. The molecule has 4 nitrogen and oxygen atoms in total. The van der Waals surface area contributed by atoms with Crippen molar-refractivity contribution >= 4 is 34.7 Å². The molecule has 0 aromatic rings. The first-order valence-corrected chi connectivity index (χ1v) is 5.97. The van der Waals surface area contributed by atoms with E-state index < -0.39 is 0 Å². The molecule has 0 amide bonds. The molecule has 6 N–H and O–H groups in total. The van der Waals surface area contributed by atoms with Crippen LogP contribution in [0.25, 0.3) is 0 Å². The third-order valence-corrected chi connectivity index (χ3v) is 2.38. The molecule has 0 heterocycles. The Kier molecular flexibility index (Phi) is 8.31. The van der Waals surface area contributed by atoms with Crippen LogP contribution in [0.5, 0.6) is 0 Å². The highest BCUT2D eigenvalue weighted by molar-refractivity contribution is 7.80. The average molecular weight is 248 g/mol. The number of unbranched alkanes of at least 4 members (excludes halogenated alkanes) is 1. The van der Waals surface area contributed by atoms with Crippen LogP contribution in [-0.4, -0.2) is 22.8 Å². The van der Waals surface area contributed by atoms with Crippen molar-refractivity contribution in [3.63, 3.8) is 0 Å². The molecule has 0 saturated heterocycles. The van der Waals surface area contributed by atoms with Gasteiger partial charge in [0.05, 0.1) is 0 Å². The Hall–Kier alpha value is -0.620. The van der Waals surface area contributed by atoms with Gasteiger partial charge in [-0.05, 0) is 50.1 Å². The molecule has 88 valence electrons. The molecule has 0 fully saturated rings. The zero-order valence-electron chi connectivity index (χ0n) is 9.08. The Morgan fingerprint density at radius 2 is 1.87 bits per heavy atom. The van der Waals surface area contributed by atoms with Crippen molar-refractivity contribution < 1.29 is 0 Å². The van der Waals surface area contributed by atoms with Crippen molar-refractivity contribution in [3.05, 3.63) is 0 Å². The van der Waals surface area contributed by atoms with Gasteiger partial charge >= 0.3 is 0 Å². The molecule has 0 spiro atoms. The number of thiocarbonyl (C=S) groups is 2. The van der Waals surface area contributed by atoms with Crippen LogP contribution in [0.2, 0.25) is 0 Å². The first kappa shape index (κ1) is 14.4. The summed E-state index contributed by atoms with van der Waals surface area (Å²) in [6.07, 6.45) is 4.24. The van der Waals surface area contributed by atoms with E-state index in [1.54, 1.807) is 0 Å². The fourth-order valence-corrected chi connectivity index (χ4v) is 1.58. The fourth-order valence-electron chi connectivity index (χ4n) is 1.31. The standard InChI is InChI=1S/C9H20N4S2/c1-2-7(13-9(11)15)5-3-4-6-12-8(10)14/h7H,2-6H2,1H3,(H3,10,12,14)(H3,11,13,15). The highest BCUT2D eigenvalue weighted by Gasteiger charge is 2.05. The minimum Gasteiger partial charge on any atom is -0.376 e. The lowest BCUT2D eigenvalue weighted by Gasteiger charge is -2.16. The van der Waals surface area contributed by atoms with Crippen LogP contribution < -0.4 is 22.1 Å². The maximum atomic E-state index is 5.41. The van der Waals surface area contributed by atoms with Crippen LogP contribution in [0, 0.1) is 0 Å². The van der Waals surface area contributed by atoms with Crippen LogP contribution in [0.15, 0.2) is 0 Å². The summed E-state index contributed by atoms with van der Waals surface area (Å²) in [6, 6.07) is 0.382. The van der Waals surface area contributed by atoms with Crippen LogP contribution in [-0.2, 0) is 0 Å². The Bertz CT molecular complexity index is 208. The Labute approximate surface area is 102 Å². The lowest BCUT2D eigenvalue weighted by molar-refractivity contribution is 0.511. The monoisotopic (exact) mass is 248 g/mol. The van der Waals surface area contributed by atoms with Crippen molar-refractivity contribution in [1.82, 2.24) is 10.6 Å². The molecule has 0 aliphatic heterocycles. The van der Waals surface area contributed by atoms with Crippen molar-refractivity contribution in [2.45, 2.75) is 38.6 Å². The average Bonchev–Trinajstić information content (AvgIpc) is 2.14. The summed E-state index contributed by atoms with van der Waals surface area (Å²) >= 11 is 9.49. The van der Waals surface area contributed by atoms with Gasteiger partial charge in [-0.15, -0.1) is 0 Å². The van der Waals surface area contributed by atoms with Gasteiger partial charge in [-0.3, -0.25) is 0 Å². The van der Waals surface area contributed by atoms with E-state index in [4.69, 9.17) is 35.9 Å². The van der Waals surface area contributed by atoms with Crippen molar-refractivity contribution in [2.75, 3.05) is 6.54 Å². The molecular formula is C9H20N4S2. The molecule has 15 heavy (non-hydrogen) atoms. The van der Waals surface area contributed by atoms with Gasteiger partial charge in [-0.25, -0.2) is 0 Å². The van der Waals surface area contributed by atoms with E-state index in [1.807, 2.05) is 0 Å². The van der Waals surface area contributed by atoms with Crippen LogP contribution in [0.1, 0.15) is 32.6 Å². The fraction of sp³-hybridized carbons (Fsp3) is 0.778. The van der Waals surface area contributed by atoms with Gasteiger partial charge in [-0.2, -0.15) is 0 Å². The minimum atomic E-state index is 0.364. The normalized spacial score (nSPS) is 11.8. The van der Waals surface area contributed by atoms with Crippen molar-refractivity contribution in [3.8, 4) is 0 Å². The minimum absolute atomic E-state index is 0.364. The SMILES string of the molecule is CCC(CCCCNC(N)=S)NC(N)=S. The summed E-state index contributed by atoms with van der Waals surface area (Å²) in [5.74, 6) is 0. The maximum absolute atomic E-state index is 5.41. The van der Waals surface area contributed by atoms with Crippen LogP contribution in [0.4, 0.5) is 0 Å². The third kappa shape index (κ3) is 9.68. The summed E-state index contributed by atoms with van der Waals surface area (Å²) in [5.41, 5.74) is 10.7. The zero-order valence-corrected chi connectivity index (χ0v) is 10.7. The summed E-state index contributed by atoms with van der Waals surface area (Å²) < 4.78 is 0. The van der Waals surface area contributed by atoms with Gasteiger partial charge < -0.3 is 22.1 Å². The van der Waals surface area contributed by atoms with E-state index in [0.717, 1.165) is 32.2 Å². The smallest absolute Gasteiger partial charge is 0.163 e. The highest BCUT2D eigenvalue weighted by Crippen LogP contribution is 2.03. The topological polar surface area (TPSA) is 76.1 Å². The molecular weight excluding hydrogens is 228 g/mol. The quantitative estimate of drug-likeness (QED) is 0.390. The van der Waals surface area contributed by atoms with E-state index >= 15 is 0 Å². The molecule has 0 rings (SSSR count). The maximum Gasteiger partial charge on any atom is 0.163 e. The van der Waals surface area contributed by atoms with E-state index in [1.165, 1.54) is 0 Å². The largest absolute Gasteiger partial charge is 0.376 e. The van der Waals surface area contributed by atoms with Crippen molar-refractivity contribution in [2.24, 2.45) is 11.5 Å². The van der Waals surface area contributed by atoms with Crippen LogP contribution >= 0.6 is 24.4 Å². The zero-order chi connectivity index (χ0) is 11.7. The number of nitrogens with two attached hydrogens (primary N) is 2. The second-order valence-electron chi connectivity index (χ2n) is 3.40.